The first-order chi connectivity index (χ1) is 12.6. The van der Waals surface area contributed by atoms with Gasteiger partial charge in [-0.1, -0.05) is 11.6 Å². The summed E-state index contributed by atoms with van der Waals surface area (Å²) in [5, 5.41) is 8.55. The number of benzene rings is 1. The zero-order valence-corrected chi connectivity index (χ0v) is 14.7. The van der Waals surface area contributed by atoms with E-state index in [1.165, 1.54) is 0 Å². The number of halogens is 1. The maximum atomic E-state index is 6.71. The van der Waals surface area contributed by atoms with Gasteiger partial charge in [0.15, 0.2) is 5.65 Å². The molecule has 8 nitrogen and oxygen atoms in total. The van der Waals surface area contributed by atoms with Crippen molar-refractivity contribution in [3.63, 3.8) is 0 Å². The molecule has 0 radical (unpaired) electrons. The number of nitrogens with zero attached hydrogens (tertiary/aromatic N) is 5. The zero-order chi connectivity index (χ0) is 17.7. The fourth-order valence-electron chi connectivity index (χ4n) is 3.58. The normalized spacial score (nSPS) is 17.2. The lowest BCUT2D eigenvalue weighted by Gasteiger charge is -2.38. The van der Waals surface area contributed by atoms with E-state index in [1.807, 2.05) is 18.2 Å². The van der Waals surface area contributed by atoms with E-state index in [1.54, 1.807) is 12.5 Å². The van der Waals surface area contributed by atoms with Gasteiger partial charge in [0.1, 0.15) is 18.0 Å². The van der Waals surface area contributed by atoms with Crippen LogP contribution in [0, 0.1) is 0 Å². The number of H-pyrrole nitrogens is 2. The van der Waals surface area contributed by atoms with Crippen molar-refractivity contribution in [2.75, 3.05) is 18.0 Å². The Hall–Kier alpha value is -2.71. The summed E-state index contributed by atoms with van der Waals surface area (Å²) < 4.78 is 0. The molecule has 9 heteroatoms. The minimum absolute atomic E-state index is 0.495. The van der Waals surface area contributed by atoms with Crippen molar-refractivity contribution in [3.05, 3.63) is 41.6 Å². The molecule has 3 aromatic heterocycles. The maximum absolute atomic E-state index is 6.71. The van der Waals surface area contributed by atoms with Crippen molar-refractivity contribution in [1.82, 2.24) is 30.1 Å². The van der Waals surface area contributed by atoms with Crippen molar-refractivity contribution in [1.29, 1.82) is 0 Å². The summed E-state index contributed by atoms with van der Waals surface area (Å²) in [6.45, 7) is 1.57. The van der Waals surface area contributed by atoms with E-state index in [2.05, 4.69) is 30.0 Å². The van der Waals surface area contributed by atoms with E-state index >= 15 is 0 Å². The molecule has 5 rings (SSSR count). The summed E-state index contributed by atoms with van der Waals surface area (Å²) in [6, 6.07) is 5.63. The Kier molecular flexibility index (Phi) is 3.38. The molecule has 4 aromatic rings. The highest BCUT2D eigenvalue weighted by Gasteiger charge is 2.36. The first kappa shape index (κ1) is 15.5. The van der Waals surface area contributed by atoms with Gasteiger partial charge < -0.3 is 15.6 Å². The van der Waals surface area contributed by atoms with Crippen LogP contribution in [0.4, 0.5) is 5.82 Å². The molecule has 1 aromatic carbocycles. The Morgan fingerprint density at radius 2 is 2.04 bits per heavy atom. The third kappa shape index (κ3) is 2.41. The number of aromatic amines is 2. The molecule has 1 saturated heterocycles. The molecular formula is C17H17ClN8. The highest BCUT2D eigenvalue weighted by atomic mass is 35.5. The predicted molar refractivity (Wildman–Crippen MR) is 100 cm³/mol. The van der Waals surface area contributed by atoms with Crippen LogP contribution < -0.4 is 10.6 Å². The van der Waals surface area contributed by atoms with E-state index in [0.29, 0.717) is 5.02 Å². The first-order valence-corrected chi connectivity index (χ1v) is 8.84. The molecule has 0 amide bonds. The summed E-state index contributed by atoms with van der Waals surface area (Å²) >= 11 is 6.07. The average Bonchev–Trinajstić information content (AvgIpc) is 3.28. The van der Waals surface area contributed by atoms with Crippen LogP contribution in [0.15, 0.2) is 30.7 Å². The third-order valence-electron chi connectivity index (χ3n) is 5.10. The summed E-state index contributed by atoms with van der Waals surface area (Å²) in [6.07, 6.45) is 4.86. The van der Waals surface area contributed by atoms with Gasteiger partial charge in [-0.2, -0.15) is 5.10 Å². The van der Waals surface area contributed by atoms with Crippen molar-refractivity contribution in [2.45, 2.75) is 18.4 Å². The lowest BCUT2D eigenvalue weighted by atomic mass is 9.88. The number of hydrogen-bond donors (Lipinski definition) is 3. The summed E-state index contributed by atoms with van der Waals surface area (Å²) in [5.41, 5.74) is 8.75. The van der Waals surface area contributed by atoms with Gasteiger partial charge in [-0.05, 0) is 31.0 Å². The van der Waals surface area contributed by atoms with Crippen LogP contribution in [0.1, 0.15) is 18.7 Å². The van der Waals surface area contributed by atoms with Gasteiger partial charge >= 0.3 is 0 Å². The molecule has 1 aliphatic heterocycles. The van der Waals surface area contributed by atoms with Crippen LogP contribution in [-0.4, -0.2) is 43.2 Å². The van der Waals surface area contributed by atoms with Gasteiger partial charge in [0.05, 0.1) is 28.2 Å². The topological polar surface area (TPSA) is 112 Å². The number of piperidine rings is 1. The van der Waals surface area contributed by atoms with E-state index in [4.69, 9.17) is 22.3 Å². The number of nitrogens with two attached hydrogens (primary N) is 1. The Morgan fingerprint density at radius 1 is 1.19 bits per heavy atom. The number of rotatable bonds is 2. The van der Waals surface area contributed by atoms with Gasteiger partial charge in [-0.3, -0.25) is 5.10 Å². The van der Waals surface area contributed by atoms with Gasteiger partial charge in [-0.15, -0.1) is 0 Å². The molecule has 0 saturated carbocycles. The van der Waals surface area contributed by atoms with Gasteiger partial charge in [0.25, 0.3) is 0 Å². The van der Waals surface area contributed by atoms with E-state index < -0.39 is 5.54 Å². The van der Waals surface area contributed by atoms with Crippen LogP contribution in [0.5, 0.6) is 0 Å². The maximum Gasteiger partial charge on any atom is 0.160 e. The molecule has 4 N–H and O–H groups in total. The van der Waals surface area contributed by atoms with Crippen LogP contribution in [0.3, 0.4) is 0 Å². The lowest BCUT2D eigenvalue weighted by molar-refractivity contribution is 0.327. The molecule has 132 valence electrons. The molecule has 1 fully saturated rings. The second kappa shape index (κ2) is 5.65. The number of imidazole rings is 1. The van der Waals surface area contributed by atoms with Crippen molar-refractivity contribution >= 4 is 39.5 Å². The first-order valence-electron chi connectivity index (χ1n) is 8.46. The molecule has 0 spiro atoms. The SMILES string of the molecule is NC1(c2nc3ccc(Cl)cc3[nH]2)CCN(c2ncnc3[nH]ncc23)CC1. The van der Waals surface area contributed by atoms with Crippen molar-refractivity contribution in [3.8, 4) is 0 Å². The largest absolute Gasteiger partial charge is 0.356 e. The fourth-order valence-corrected chi connectivity index (χ4v) is 3.75. The standard InChI is InChI=1S/C17H17ClN8/c18-10-1-2-12-13(7-10)24-16(23-12)17(19)3-5-26(6-4-17)15-11-8-22-25-14(11)20-9-21-15/h1-2,7-9H,3-6,19H2,(H,23,24)(H,20,21,22,25). The second-order valence-corrected chi connectivity index (χ2v) is 7.16. The van der Waals surface area contributed by atoms with Crippen molar-refractivity contribution in [2.24, 2.45) is 5.73 Å². The minimum Gasteiger partial charge on any atom is -0.356 e. The van der Waals surface area contributed by atoms with E-state index in [9.17, 15) is 0 Å². The summed E-state index contributed by atoms with van der Waals surface area (Å²) in [7, 11) is 0. The summed E-state index contributed by atoms with van der Waals surface area (Å²) in [4.78, 5) is 18.9. The Balaban J connectivity index is 1.42. The molecule has 0 aliphatic carbocycles. The fraction of sp³-hybridized carbons (Fsp3) is 0.294. The lowest BCUT2D eigenvalue weighted by Crippen LogP contribution is -2.49. The molecular weight excluding hydrogens is 352 g/mol. The highest BCUT2D eigenvalue weighted by molar-refractivity contribution is 6.31. The number of hydrogen-bond acceptors (Lipinski definition) is 6. The minimum atomic E-state index is -0.495. The van der Waals surface area contributed by atoms with Crippen LogP contribution in [-0.2, 0) is 5.54 Å². The van der Waals surface area contributed by atoms with Crippen molar-refractivity contribution < 1.29 is 0 Å². The monoisotopic (exact) mass is 368 g/mol. The summed E-state index contributed by atoms with van der Waals surface area (Å²) in [5.74, 6) is 1.70. The Bertz CT molecular complexity index is 1090. The smallest absolute Gasteiger partial charge is 0.160 e. The van der Waals surface area contributed by atoms with Crippen LogP contribution in [0.25, 0.3) is 22.1 Å². The number of anilines is 1. The van der Waals surface area contributed by atoms with Crippen LogP contribution in [0.2, 0.25) is 5.02 Å². The van der Waals surface area contributed by atoms with Gasteiger partial charge in [0.2, 0.25) is 0 Å². The van der Waals surface area contributed by atoms with E-state index in [-0.39, 0.29) is 0 Å². The van der Waals surface area contributed by atoms with Gasteiger partial charge in [0, 0.05) is 18.1 Å². The van der Waals surface area contributed by atoms with Crippen LogP contribution >= 0.6 is 11.6 Å². The van der Waals surface area contributed by atoms with Gasteiger partial charge in [-0.25, -0.2) is 15.0 Å². The molecule has 0 bridgehead atoms. The molecule has 26 heavy (non-hydrogen) atoms. The molecule has 4 heterocycles. The Labute approximate surface area is 153 Å². The average molecular weight is 369 g/mol. The quantitative estimate of drug-likeness (QED) is 0.500. The number of aromatic nitrogens is 6. The molecule has 1 aliphatic rings. The molecule has 0 unspecified atom stereocenters. The highest BCUT2D eigenvalue weighted by Crippen LogP contribution is 2.33. The number of nitrogens with one attached hydrogen (secondary N) is 2. The zero-order valence-electron chi connectivity index (χ0n) is 13.9. The molecule has 0 atom stereocenters. The Morgan fingerprint density at radius 3 is 2.88 bits per heavy atom. The second-order valence-electron chi connectivity index (χ2n) is 6.72. The third-order valence-corrected chi connectivity index (χ3v) is 5.33. The predicted octanol–water partition coefficient (Wildman–Crippen LogP) is 2.34. The van der Waals surface area contributed by atoms with E-state index in [0.717, 1.165) is 59.6 Å². The number of fused-ring (bicyclic) bond motifs is 2.